The normalized spacial score (nSPS) is 13.8. The number of benzene rings is 3. The molecular weight excluding hydrogens is 516 g/mol. The molecule has 5 nitrogen and oxygen atoms in total. The molecule has 2 aromatic heterocycles. The summed E-state index contributed by atoms with van der Waals surface area (Å²) in [6, 6.07) is 22.6. The van der Waals surface area contributed by atoms with Crippen LogP contribution in [0.5, 0.6) is 5.75 Å². The quantitative estimate of drug-likeness (QED) is 0.223. The fourth-order valence-corrected chi connectivity index (χ4v) is 5.68. The molecule has 0 spiro atoms. The van der Waals surface area contributed by atoms with E-state index in [9.17, 15) is 0 Å². The zero-order valence-electron chi connectivity index (χ0n) is 23.0. The first-order valence-electron chi connectivity index (χ1n) is 13.9. The number of methoxy groups -OCH3 is 1. The molecular formula is C34H33ClN4O. The predicted octanol–water partition coefficient (Wildman–Crippen LogP) is 7.51. The Labute approximate surface area is 240 Å². The molecule has 0 atom stereocenters. The molecule has 40 heavy (non-hydrogen) atoms. The van der Waals surface area contributed by atoms with Crippen molar-refractivity contribution < 1.29 is 4.74 Å². The maximum Gasteiger partial charge on any atom is 0.119 e. The molecule has 0 unspecified atom stereocenters. The third kappa shape index (κ3) is 5.65. The van der Waals surface area contributed by atoms with Gasteiger partial charge >= 0.3 is 0 Å². The second-order valence-corrected chi connectivity index (χ2v) is 10.9. The lowest BCUT2D eigenvalue weighted by molar-refractivity contribution is 0.255. The van der Waals surface area contributed by atoms with Gasteiger partial charge in [-0.3, -0.25) is 4.90 Å². The van der Waals surface area contributed by atoms with Crippen molar-refractivity contribution in [1.82, 2.24) is 14.5 Å². The Kier molecular flexibility index (Phi) is 7.64. The van der Waals surface area contributed by atoms with E-state index in [1.54, 1.807) is 7.11 Å². The summed E-state index contributed by atoms with van der Waals surface area (Å²) >= 11 is 6.40. The summed E-state index contributed by atoms with van der Waals surface area (Å²) in [5.41, 5.74) is 7.27. The summed E-state index contributed by atoms with van der Waals surface area (Å²) in [7, 11) is 3.74. The summed E-state index contributed by atoms with van der Waals surface area (Å²) in [5.74, 6) is 7.65. The summed E-state index contributed by atoms with van der Waals surface area (Å²) in [6.07, 6.45) is 6.03. The van der Waals surface area contributed by atoms with Crippen LogP contribution in [0.15, 0.2) is 72.9 Å². The molecule has 0 aliphatic carbocycles. The van der Waals surface area contributed by atoms with E-state index in [1.165, 1.54) is 19.3 Å². The third-order valence-electron chi connectivity index (χ3n) is 7.68. The number of hydrogen-bond acceptors (Lipinski definition) is 4. The van der Waals surface area contributed by atoms with Crippen LogP contribution in [0.1, 0.15) is 30.4 Å². The van der Waals surface area contributed by atoms with E-state index >= 15 is 0 Å². The number of rotatable bonds is 6. The van der Waals surface area contributed by atoms with Gasteiger partial charge in [-0.05, 0) is 98.2 Å². The highest BCUT2D eigenvalue weighted by molar-refractivity contribution is 6.31. The number of aromatic nitrogens is 2. The number of aryl methyl sites for hydroxylation is 1. The average molecular weight is 549 g/mol. The van der Waals surface area contributed by atoms with Gasteiger partial charge in [0.15, 0.2) is 0 Å². The summed E-state index contributed by atoms with van der Waals surface area (Å²) in [4.78, 5) is 7.57. The number of piperidine rings is 1. The summed E-state index contributed by atoms with van der Waals surface area (Å²) in [6.45, 7) is 3.78. The number of hydrogen-bond donors (Lipinski definition) is 1. The second kappa shape index (κ2) is 11.6. The predicted molar refractivity (Wildman–Crippen MR) is 166 cm³/mol. The Bertz CT molecular complexity index is 1720. The van der Waals surface area contributed by atoms with E-state index < -0.39 is 0 Å². The molecule has 5 aromatic rings. The van der Waals surface area contributed by atoms with Crippen LogP contribution in [0.25, 0.3) is 33.1 Å². The van der Waals surface area contributed by atoms with Gasteiger partial charge in [0.2, 0.25) is 0 Å². The topological polar surface area (TPSA) is 42.3 Å². The second-order valence-electron chi connectivity index (χ2n) is 10.4. The Hall–Kier alpha value is -3.98. The maximum atomic E-state index is 6.40. The van der Waals surface area contributed by atoms with E-state index in [1.807, 2.05) is 36.4 Å². The van der Waals surface area contributed by atoms with Crippen LogP contribution < -0.4 is 10.1 Å². The molecule has 3 heterocycles. The molecule has 202 valence electrons. The fraction of sp³-hybridized carbons (Fsp3) is 0.265. The highest BCUT2D eigenvalue weighted by Crippen LogP contribution is 2.34. The van der Waals surface area contributed by atoms with Gasteiger partial charge in [-0.1, -0.05) is 29.9 Å². The molecule has 6 heteroatoms. The van der Waals surface area contributed by atoms with Crippen molar-refractivity contribution in [2.75, 3.05) is 32.1 Å². The number of pyridine rings is 1. The van der Waals surface area contributed by atoms with Gasteiger partial charge in [0, 0.05) is 57.9 Å². The van der Waals surface area contributed by atoms with Gasteiger partial charge in [-0.2, -0.15) is 0 Å². The molecule has 0 amide bonds. The van der Waals surface area contributed by atoms with E-state index in [-0.39, 0.29) is 0 Å². The lowest BCUT2D eigenvalue weighted by Gasteiger charge is -2.23. The first-order chi connectivity index (χ1) is 19.6. The monoisotopic (exact) mass is 548 g/mol. The van der Waals surface area contributed by atoms with Gasteiger partial charge in [0.25, 0.3) is 0 Å². The molecule has 1 saturated heterocycles. The molecule has 0 bridgehead atoms. The lowest BCUT2D eigenvalue weighted by atomic mass is 10.0. The van der Waals surface area contributed by atoms with Crippen molar-refractivity contribution in [1.29, 1.82) is 0 Å². The maximum absolute atomic E-state index is 6.40. The molecule has 1 N–H and O–H groups in total. The van der Waals surface area contributed by atoms with Crippen LogP contribution in [0, 0.1) is 11.8 Å². The number of fused-ring (bicyclic) bond motifs is 2. The SMILES string of the molecule is COc1ccc(NCc2cc(-c3cn(C)c4ccc(Cl)cc34)nc3ccc(C#CCN4CCCCC4)cc23)cc1. The van der Waals surface area contributed by atoms with Crippen molar-refractivity contribution in [3.63, 3.8) is 0 Å². The molecule has 6 rings (SSSR count). The number of ether oxygens (including phenoxy) is 1. The van der Waals surface area contributed by atoms with Crippen LogP contribution in [-0.4, -0.2) is 41.2 Å². The van der Waals surface area contributed by atoms with Gasteiger partial charge < -0.3 is 14.6 Å². The molecule has 1 aliphatic rings. The van der Waals surface area contributed by atoms with E-state index in [4.69, 9.17) is 21.3 Å². The Morgan fingerprint density at radius 1 is 0.950 bits per heavy atom. The first-order valence-corrected chi connectivity index (χ1v) is 14.2. The molecule has 1 fully saturated rings. The average Bonchev–Trinajstić information content (AvgIpc) is 3.31. The molecule has 0 radical (unpaired) electrons. The zero-order valence-corrected chi connectivity index (χ0v) is 23.8. The number of anilines is 1. The minimum atomic E-state index is 0.647. The van der Waals surface area contributed by atoms with Crippen LogP contribution in [0.3, 0.4) is 0 Å². The highest BCUT2D eigenvalue weighted by Gasteiger charge is 2.14. The van der Waals surface area contributed by atoms with Crippen molar-refractivity contribution in [3.8, 4) is 28.8 Å². The standard InChI is InChI=1S/C34H33ClN4O/c1-38-23-31(30-21-26(35)9-15-34(30)38)33-20-25(22-36-27-10-12-28(40-2)13-11-27)29-19-24(8-14-32(29)37-33)7-6-18-39-16-4-3-5-17-39/h8-15,19-21,23,36H,3-5,16-18,22H2,1-2H3. The summed E-state index contributed by atoms with van der Waals surface area (Å²) < 4.78 is 7.45. The van der Waals surface area contributed by atoms with Crippen LogP contribution in [0.4, 0.5) is 5.69 Å². The molecule has 3 aromatic carbocycles. The Balaban J connectivity index is 1.38. The number of nitrogens with one attached hydrogen (secondary N) is 1. The largest absolute Gasteiger partial charge is 0.497 e. The molecule has 0 saturated carbocycles. The lowest BCUT2D eigenvalue weighted by Crippen LogP contribution is -2.29. The van der Waals surface area contributed by atoms with Gasteiger partial charge in [0.05, 0.1) is 24.9 Å². The van der Waals surface area contributed by atoms with Crippen molar-refractivity contribution in [2.24, 2.45) is 7.05 Å². The van der Waals surface area contributed by atoms with E-state index in [0.29, 0.717) is 6.54 Å². The Morgan fingerprint density at radius 2 is 1.77 bits per heavy atom. The fourth-order valence-electron chi connectivity index (χ4n) is 5.50. The van der Waals surface area contributed by atoms with Crippen LogP contribution >= 0.6 is 11.6 Å². The molecule has 1 aliphatic heterocycles. The van der Waals surface area contributed by atoms with E-state index in [0.717, 1.165) is 80.3 Å². The van der Waals surface area contributed by atoms with Crippen LogP contribution in [0.2, 0.25) is 5.02 Å². The van der Waals surface area contributed by atoms with Crippen molar-refractivity contribution in [3.05, 3.63) is 89.1 Å². The number of halogens is 1. The summed E-state index contributed by atoms with van der Waals surface area (Å²) in [5, 5.41) is 6.50. The first kappa shape index (κ1) is 26.3. The van der Waals surface area contributed by atoms with Gasteiger partial charge in [-0.25, -0.2) is 4.98 Å². The van der Waals surface area contributed by atoms with E-state index in [2.05, 4.69) is 70.2 Å². The number of likely N-dealkylation sites (tertiary alicyclic amines) is 1. The minimum Gasteiger partial charge on any atom is -0.497 e. The Morgan fingerprint density at radius 3 is 2.58 bits per heavy atom. The van der Waals surface area contributed by atoms with Crippen molar-refractivity contribution >= 4 is 39.1 Å². The third-order valence-corrected chi connectivity index (χ3v) is 7.91. The number of nitrogens with zero attached hydrogens (tertiary/aromatic N) is 3. The smallest absolute Gasteiger partial charge is 0.119 e. The highest BCUT2D eigenvalue weighted by atomic mass is 35.5. The van der Waals surface area contributed by atoms with Crippen LogP contribution in [-0.2, 0) is 13.6 Å². The zero-order chi connectivity index (χ0) is 27.5. The van der Waals surface area contributed by atoms with Gasteiger partial charge in [0.1, 0.15) is 5.75 Å². The van der Waals surface area contributed by atoms with Gasteiger partial charge in [-0.15, -0.1) is 0 Å². The van der Waals surface area contributed by atoms with Crippen molar-refractivity contribution in [2.45, 2.75) is 25.8 Å². The minimum absolute atomic E-state index is 0.647.